The fourth-order valence-electron chi connectivity index (χ4n) is 1.26. The van der Waals surface area contributed by atoms with Gasteiger partial charge in [-0.25, -0.2) is 0 Å². The summed E-state index contributed by atoms with van der Waals surface area (Å²) in [4.78, 5) is 1.40. The Morgan fingerprint density at radius 1 is 1.57 bits per heavy atom. The molecule has 0 radical (unpaired) electrons. The van der Waals surface area contributed by atoms with Gasteiger partial charge in [0, 0.05) is 39.8 Å². The largest absolute Gasteiger partial charge is 0.329 e. The maximum atomic E-state index is 5.43. The van der Waals surface area contributed by atoms with Crippen molar-refractivity contribution in [1.29, 1.82) is 0 Å². The normalized spacial score (nSPS) is 12.0. The zero-order valence-electron chi connectivity index (χ0n) is 8.64. The van der Waals surface area contributed by atoms with Gasteiger partial charge in [0.15, 0.2) is 0 Å². The van der Waals surface area contributed by atoms with E-state index in [1.807, 2.05) is 0 Å². The number of nitrogens with one attached hydrogen (secondary N) is 1. The molecule has 14 heavy (non-hydrogen) atoms. The van der Waals surface area contributed by atoms with Gasteiger partial charge in [0.25, 0.3) is 0 Å². The lowest BCUT2D eigenvalue weighted by Gasteiger charge is -2.23. The van der Waals surface area contributed by atoms with Crippen LogP contribution in [0, 0.1) is 0 Å². The lowest BCUT2D eigenvalue weighted by atomic mass is 9.91. The third kappa shape index (κ3) is 3.35. The molecule has 2 nitrogen and oxygen atoms in total. The molecule has 0 aliphatic rings. The third-order valence-corrected chi connectivity index (χ3v) is 4.18. The minimum atomic E-state index is 0.186. The molecule has 0 aromatic carbocycles. The third-order valence-electron chi connectivity index (χ3n) is 2.12. The molecular weight excluding hydrogens is 260 g/mol. The Morgan fingerprint density at radius 2 is 2.29 bits per heavy atom. The van der Waals surface area contributed by atoms with Crippen molar-refractivity contribution in [2.24, 2.45) is 5.73 Å². The summed E-state index contributed by atoms with van der Waals surface area (Å²) in [7, 11) is 0. The average Bonchev–Trinajstić information content (AvgIpc) is 2.53. The van der Waals surface area contributed by atoms with Crippen LogP contribution in [-0.4, -0.2) is 19.6 Å². The highest BCUT2D eigenvalue weighted by Gasteiger charge is 2.21. The monoisotopic (exact) mass is 276 g/mol. The summed E-state index contributed by atoms with van der Waals surface area (Å²) in [6.07, 6.45) is 0. The molecule has 0 amide bonds. The topological polar surface area (TPSA) is 38.0 Å². The molecule has 80 valence electrons. The number of thiophene rings is 1. The van der Waals surface area contributed by atoms with E-state index in [9.17, 15) is 0 Å². The molecule has 1 heterocycles. The minimum Gasteiger partial charge on any atom is -0.329 e. The van der Waals surface area contributed by atoms with Crippen molar-refractivity contribution >= 4 is 27.3 Å². The van der Waals surface area contributed by atoms with Gasteiger partial charge in [0.2, 0.25) is 0 Å². The number of rotatable bonds is 5. The summed E-state index contributed by atoms with van der Waals surface area (Å²) in [5, 5.41) is 5.47. The summed E-state index contributed by atoms with van der Waals surface area (Å²) >= 11 is 5.27. The predicted octanol–water partition coefficient (Wildman–Crippen LogP) is 2.34. The molecule has 0 atom stereocenters. The highest BCUT2D eigenvalue weighted by molar-refractivity contribution is 9.10. The second-order valence-corrected chi connectivity index (χ2v) is 5.81. The first-order chi connectivity index (χ1) is 6.56. The van der Waals surface area contributed by atoms with E-state index in [4.69, 9.17) is 5.73 Å². The van der Waals surface area contributed by atoms with Crippen LogP contribution in [0.5, 0.6) is 0 Å². The molecule has 0 spiro atoms. The van der Waals surface area contributed by atoms with Crippen LogP contribution in [0.25, 0.3) is 0 Å². The van der Waals surface area contributed by atoms with Gasteiger partial charge in [0.05, 0.1) is 0 Å². The first kappa shape index (κ1) is 12.2. The Morgan fingerprint density at radius 3 is 2.79 bits per heavy atom. The van der Waals surface area contributed by atoms with Crippen molar-refractivity contribution in [3.63, 3.8) is 0 Å². The van der Waals surface area contributed by atoms with Crippen LogP contribution in [0.2, 0.25) is 0 Å². The smallest absolute Gasteiger partial charge is 0.0285 e. The van der Waals surface area contributed by atoms with Crippen LogP contribution in [0.1, 0.15) is 18.7 Å². The quantitative estimate of drug-likeness (QED) is 0.811. The summed E-state index contributed by atoms with van der Waals surface area (Å²) in [6.45, 7) is 7.04. The molecule has 1 rings (SSSR count). The van der Waals surface area contributed by atoms with Gasteiger partial charge in [0.1, 0.15) is 0 Å². The van der Waals surface area contributed by atoms with Crippen LogP contribution in [0.15, 0.2) is 15.9 Å². The summed E-state index contributed by atoms with van der Waals surface area (Å²) in [6, 6.07) is 2.19. The number of halogens is 1. The van der Waals surface area contributed by atoms with Crippen molar-refractivity contribution in [2.45, 2.75) is 19.3 Å². The van der Waals surface area contributed by atoms with Gasteiger partial charge < -0.3 is 11.1 Å². The Bertz CT molecular complexity index is 283. The number of nitrogens with two attached hydrogens (primary N) is 1. The Balaban J connectivity index is 2.56. The van der Waals surface area contributed by atoms with Crippen molar-refractivity contribution in [3.8, 4) is 0 Å². The Labute approximate surface area is 98.0 Å². The van der Waals surface area contributed by atoms with Crippen LogP contribution in [0.4, 0.5) is 0 Å². The van der Waals surface area contributed by atoms with E-state index in [0.29, 0.717) is 6.54 Å². The van der Waals surface area contributed by atoms with E-state index in [0.717, 1.165) is 13.1 Å². The van der Waals surface area contributed by atoms with E-state index in [2.05, 4.69) is 46.5 Å². The van der Waals surface area contributed by atoms with Crippen LogP contribution >= 0.6 is 27.3 Å². The van der Waals surface area contributed by atoms with E-state index < -0.39 is 0 Å². The summed E-state index contributed by atoms with van der Waals surface area (Å²) in [5.74, 6) is 0. The SMILES string of the molecule is CC(C)(CNCCN)c1cc(Br)cs1. The maximum absolute atomic E-state index is 5.43. The molecule has 0 bridgehead atoms. The van der Waals surface area contributed by atoms with Gasteiger partial charge in [-0.1, -0.05) is 13.8 Å². The van der Waals surface area contributed by atoms with E-state index >= 15 is 0 Å². The van der Waals surface area contributed by atoms with Gasteiger partial charge in [-0.3, -0.25) is 0 Å². The molecule has 1 aromatic rings. The zero-order valence-corrected chi connectivity index (χ0v) is 11.0. The maximum Gasteiger partial charge on any atom is 0.0285 e. The Hall–Kier alpha value is 0.1000. The van der Waals surface area contributed by atoms with Crippen molar-refractivity contribution < 1.29 is 0 Å². The van der Waals surface area contributed by atoms with E-state index in [1.54, 1.807) is 11.3 Å². The van der Waals surface area contributed by atoms with Gasteiger partial charge in [-0.2, -0.15) is 0 Å². The first-order valence-corrected chi connectivity index (χ1v) is 6.39. The highest BCUT2D eigenvalue weighted by atomic mass is 79.9. The average molecular weight is 277 g/mol. The molecule has 0 aliphatic carbocycles. The van der Waals surface area contributed by atoms with Crippen LogP contribution in [0.3, 0.4) is 0 Å². The van der Waals surface area contributed by atoms with Crippen molar-refractivity contribution in [3.05, 3.63) is 20.8 Å². The van der Waals surface area contributed by atoms with Crippen LogP contribution < -0.4 is 11.1 Å². The van der Waals surface area contributed by atoms with Crippen molar-refractivity contribution in [1.82, 2.24) is 5.32 Å². The fraction of sp³-hybridized carbons (Fsp3) is 0.600. The van der Waals surface area contributed by atoms with Gasteiger partial charge in [-0.05, 0) is 22.0 Å². The second-order valence-electron chi connectivity index (χ2n) is 3.98. The molecule has 1 aromatic heterocycles. The number of hydrogen-bond acceptors (Lipinski definition) is 3. The predicted molar refractivity (Wildman–Crippen MR) is 67.0 cm³/mol. The molecule has 0 unspecified atom stereocenters. The second kappa shape index (κ2) is 5.26. The van der Waals surface area contributed by atoms with Crippen molar-refractivity contribution in [2.75, 3.05) is 19.6 Å². The molecular formula is C10H17BrN2S. The Kier molecular flexibility index (Phi) is 4.57. The highest BCUT2D eigenvalue weighted by Crippen LogP contribution is 2.30. The van der Waals surface area contributed by atoms with Gasteiger partial charge >= 0.3 is 0 Å². The molecule has 0 fully saturated rings. The number of hydrogen-bond donors (Lipinski definition) is 2. The molecule has 4 heteroatoms. The van der Waals surface area contributed by atoms with Crippen LogP contribution in [-0.2, 0) is 5.41 Å². The molecule has 3 N–H and O–H groups in total. The lowest BCUT2D eigenvalue weighted by molar-refractivity contribution is 0.481. The fourth-order valence-corrected chi connectivity index (χ4v) is 2.81. The lowest BCUT2D eigenvalue weighted by Crippen LogP contribution is -2.34. The minimum absolute atomic E-state index is 0.186. The molecule has 0 aliphatic heterocycles. The standard InChI is InChI=1S/C10H17BrN2S/c1-10(2,7-13-4-3-12)9-5-8(11)6-14-9/h5-6,13H,3-4,7,12H2,1-2H3. The van der Waals surface area contributed by atoms with E-state index in [-0.39, 0.29) is 5.41 Å². The first-order valence-electron chi connectivity index (χ1n) is 4.71. The van der Waals surface area contributed by atoms with Gasteiger partial charge in [-0.15, -0.1) is 11.3 Å². The summed E-state index contributed by atoms with van der Waals surface area (Å²) < 4.78 is 1.17. The van der Waals surface area contributed by atoms with E-state index in [1.165, 1.54) is 9.35 Å². The molecule has 0 saturated carbocycles. The molecule has 0 saturated heterocycles. The summed E-state index contributed by atoms with van der Waals surface area (Å²) in [5.41, 5.74) is 5.62. The zero-order chi connectivity index (χ0) is 10.6.